The van der Waals surface area contributed by atoms with Gasteiger partial charge in [-0.25, -0.2) is 9.97 Å². The summed E-state index contributed by atoms with van der Waals surface area (Å²) in [5, 5.41) is 2.44. The summed E-state index contributed by atoms with van der Waals surface area (Å²) < 4.78 is 0. The predicted molar refractivity (Wildman–Crippen MR) is 188 cm³/mol. The number of hydrogen-bond acceptors (Lipinski definition) is 4. The molecule has 0 saturated carbocycles. The molecule has 4 heteroatoms. The number of rotatable bonds is 6. The number of fused-ring (bicyclic) bond motifs is 1. The van der Waals surface area contributed by atoms with Crippen LogP contribution in [0, 0.1) is 0 Å². The van der Waals surface area contributed by atoms with Crippen LogP contribution in [0.4, 0.5) is 0 Å². The van der Waals surface area contributed by atoms with E-state index in [0.29, 0.717) is 5.82 Å². The first-order valence-electron chi connectivity index (χ1n) is 15.3. The molecule has 3 aromatic heterocycles. The van der Waals surface area contributed by atoms with Crippen molar-refractivity contribution in [2.24, 2.45) is 0 Å². The van der Waals surface area contributed by atoms with Crippen molar-refractivity contribution in [2.75, 3.05) is 0 Å². The number of hydrogen-bond donors (Lipinski definition) is 0. The molecule has 0 fully saturated rings. The molecule has 0 radical (unpaired) electrons. The van der Waals surface area contributed by atoms with E-state index in [0.717, 1.165) is 44.8 Å². The zero-order chi connectivity index (χ0) is 30.7. The summed E-state index contributed by atoms with van der Waals surface area (Å²) in [4.78, 5) is 18.7. The summed E-state index contributed by atoms with van der Waals surface area (Å²) in [5.41, 5.74) is 11.5. The van der Waals surface area contributed by atoms with Crippen molar-refractivity contribution in [1.82, 2.24) is 19.9 Å². The van der Waals surface area contributed by atoms with E-state index < -0.39 is 0 Å². The molecule has 0 atom stereocenters. The zero-order valence-corrected chi connectivity index (χ0v) is 25.0. The lowest BCUT2D eigenvalue weighted by atomic mass is 9.92. The van der Waals surface area contributed by atoms with Crippen molar-refractivity contribution in [2.45, 2.75) is 0 Å². The van der Waals surface area contributed by atoms with Crippen molar-refractivity contribution >= 4 is 10.8 Å². The van der Waals surface area contributed by atoms with E-state index in [4.69, 9.17) is 9.97 Å². The first-order chi connectivity index (χ1) is 22.8. The van der Waals surface area contributed by atoms with Crippen molar-refractivity contribution in [3.63, 3.8) is 0 Å². The monoisotopic (exact) mass is 588 g/mol. The van der Waals surface area contributed by atoms with Crippen LogP contribution < -0.4 is 0 Å². The van der Waals surface area contributed by atoms with Gasteiger partial charge in [0.05, 0.1) is 11.4 Å². The normalized spacial score (nSPS) is 11.0. The zero-order valence-electron chi connectivity index (χ0n) is 25.0. The van der Waals surface area contributed by atoms with Gasteiger partial charge in [-0.1, -0.05) is 109 Å². The number of pyridine rings is 2. The highest BCUT2D eigenvalue weighted by Crippen LogP contribution is 2.35. The van der Waals surface area contributed by atoms with Gasteiger partial charge < -0.3 is 0 Å². The fourth-order valence-corrected chi connectivity index (χ4v) is 5.90. The third-order valence-corrected chi connectivity index (χ3v) is 8.28. The standard InChI is InChI=1S/C42H28N4/c1-2-8-29(9-3-1)37-24-34-10-4-5-13-38(34)39(25-37)31-16-20-33(21-17-31)42-45-40(26-41(46-42)36-12-7-23-44-28-36)32-18-14-30(15-19-32)35-11-6-22-43-27-35/h1-28H. The molecule has 0 aliphatic heterocycles. The van der Waals surface area contributed by atoms with Gasteiger partial charge in [0, 0.05) is 41.5 Å². The third-order valence-electron chi connectivity index (χ3n) is 8.28. The Balaban J connectivity index is 1.20. The van der Waals surface area contributed by atoms with Crippen LogP contribution in [0.3, 0.4) is 0 Å². The minimum absolute atomic E-state index is 0.669. The van der Waals surface area contributed by atoms with Crippen molar-refractivity contribution in [3.05, 3.63) is 170 Å². The molecule has 46 heavy (non-hydrogen) atoms. The maximum Gasteiger partial charge on any atom is 0.160 e. The van der Waals surface area contributed by atoms with Gasteiger partial charge in [0.15, 0.2) is 5.82 Å². The molecular formula is C42H28N4. The fourth-order valence-electron chi connectivity index (χ4n) is 5.90. The molecule has 8 rings (SSSR count). The summed E-state index contributed by atoms with van der Waals surface area (Å²) in [6, 6.07) is 50.7. The van der Waals surface area contributed by atoms with Crippen LogP contribution in [0.2, 0.25) is 0 Å². The van der Waals surface area contributed by atoms with Crippen LogP contribution in [-0.4, -0.2) is 19.9 Å². The molecule has 3 heterocycles. The van der Waals surface area contributed by atoms with Crippen molar-refractivity contribution < 1.29 is 0 Å². The predicted octanol–water partition coefficient (Wildman–Crippen LogP) is 10.4. The highest BCUT2D eigenvalue weighted by Gasteiger charge is 2.13. The van der Waals surface area contributed by atoms with Crippen LogP contribution in [0.1, 0.15) is 0 Å². The molecule has 0 spiro atoms. The Morgan fingerprint density at radius 1 is 0.348 bits per heavy atom. The summed E-state index contributed by atoms with van der Waals surface area (Å²) in [6.07, 6.45) is 7.29. The molecule has 0 saturated heterocycles. The Morgan fingerprint density at radius 2 is 0.913 bits per heavy atom. The van der Waals surface area contributed by atoms with E-state index in [1.165, 1.54) is 27.5 Å². The van der Waals surface area contributed by atoms with Crippen LogP contribution >= 0.6 is 0 Å². The molecule has 0 aliphatic rings. The van der Waals surface area contributed by atoms with Crippen molar-refractivity contribution in [3.8, 4) is 67.3 Å². The second-order valence-electron chi connectivity index (χ2n) is 11.2. The molecule has 0 aliphatic carbocycles. The van der Waals surface area contributed by atoms with Crippen LogP contribution in [0.15, 0.2) is 170 Å². The summed E-state index contributed by atoms with van der Waals surface area (Å²) in [6.45, 7) is 0. The van der Waals surface area contributed by atoms with E-state index in [9.17, 15) is 0 Å². The maximum absolute atomic E-state index is 5.06. The topological polar surface area (TPSA) is 51.6 Å². The van der Waals surface area contributed by atoms with Gasteiger partial charge in [-0.2, -0.15) is 0 Å². The second kappa shape index (κ2) is 12.0. The van der Waals surface area contributed by atoms with E-state index in [1.54, 1.807) is 12.4 Å². The lowest BCUT2D eigenvalue weighted by molar-refractivity contribution is 1.18. The summed E-state index contributed by atoms with van der Waals surface area (Å²) in [5.74, 6) is 0.669. The molecule has 0 unspecified atom stereocenters. The first kappa shape index (κ1) is 27.3. The molecule has 0 N–H and O–H groups in total. The fraction of sp³-hybridized carbons (Fsp3) is 0. The van der Waals surface area contributed by atoms with E-state index >= 15 is 0 Å². The smallest absolute Gasteiger partial charge is 0.160 e. The van der Waals surface area contributed by atoms with Gasteiger partial charge in [-0.3, -0.25) is 9.97 Å². The molecule has 4 nitrogen and oxygen atoms in total. The Kier molecular flexibility index (Phi) is 7.14. The number of nitrogens with zero attached hydrogens (tertiary/aromatic N) is 4. The minimum atomic E-state index is 0.669. The van der Waals surface area contributed by atoms with E-state index in [2.05, 4.69) is 131 Å². The highest BCUT2D eigenvalue weighted by molar-refractivity contribution is 6.00. The summed E-state index contributed by atoms with van der Waals surface area (Å²) in [7, 11) is 0. The minimum Gasteiger partial charge on any atom is -0.264 e. The molecule has 0 amide bonds. The van der Waals surface area contributed by atoms with Gasteiger partial charge in [0.2, 0.25) is 0 Å². The number of benzene rings is 5. The Bertz CT molecular complexity index is 2270. The van der Waals surface area contributed by atoms with Gasteiger partial charge in [0.25, 0.3) is 0 Å². The Morgan fingerprint density at radius 3 is 1.63 bits per heavy atom. The SMILES string of the molecule is c1ccc(-c2cc(-c3ccc(-c4nc(-c5ccc(-c6cccnc6)cc5)cc(-c5cccnc5)n4)cc3)c3ccccc3c2)cc1. The van der Waals surface area contributed by atoms with Gasteiger partial charge in [-0.15, -0.1) is 0 Å². The molecule has 0 bridgehead atoms. The van der Waals surface area contributed by atoms with Crippen LogP contribution in [0.25, 0.3) is 78.1 Å². The number of aromatic nitrogens is 4. The van der Waals surface area contributed by atoms with Gasteiger partial charge in [-0.05, 0) is 80.6 Å². The average molecular weight is 589 g/mol. The van der Waals surface area contributed by atoms with Crippen molar-refractivity contribution in [1.29, 1.82) is 0 Å². The molecule has 216 valence electrons. The first-order valence-corrected chi connectivity index (χ1v) is 15.3. The van der Waals surface area contributed by atoms with Crippen LogP contribution in [-0.2, 0) is 0 Å². The quantitative estimate of drug-likeness (QED) is 0.194. The largest absolute Gasteiger partial charge is 0.264 e. The second-order valence-corrected chi connectivity index (χ2v) is 11.2. The maximum atomic E-state index is 5.06. The highest BCUT2D eigenvalue weighted by atomic mass is 14.9. The third kappa shape index (κ3) is 5.44. The van der Waals surface area contributed by atoms with E-state index in [-0.39, 0.29) is 0 Å². The molecule has 8 aromatic rings. The summed E-state index contributed by atoms with van der Waals surface area (Å²) >= 11 is 0. The molecule has 5 aromatic carbocycles. The molecular weight excluding hydrogens is 560 g/mol. The lowest BCUT2D eigenvalue weighted by Gasteiger charge is -2.13. The van der Waals surface area contributed by atoms with Gasteiger partial charge in [0.1, 0.15) is 0 Å². The Hall–Kier alpha value is -6.26. The van der Waals surface area contributed by atoms with Crippen LogP contribution in [0.5, 0.6) is 0 Å². The van der Waals surface area contributed by atoms with E-state index in [1.807, 2.05) is 36.7 Å². The average Bonchev–Trinajstić information content (AvgIpc) is 3.15. The Labute approximate surface area is 267 Å². The lowest BCUT2D eigenvalue weighted by Crippen LogP contribution is -1.96. The van der Waals surface area contributed by atoms with Gasteiger partial charge >= 0.3 is 0 Å².